The van der Waals surface area contributed by atoms with Crippen molar-refractivity contribution in [1.29, 1.82) is 0 Å². The first kappa shape index (κ1) is 14.6. The van der Waals surface area contributed by atoms with Crippen molar-refractivity contribution in [2.24, 2.45) is 0 Å². The van der Waals surface area contributed by atoms with Gasteiger partial charge in [0, 0.05) is 0 Å². The Morgan fingerprint density at radius 3 is 2.35 bits per heavy atom. The molecule has 0 aliphatic heterocycles. The van der Waals surface area contributed by atoms with E-state index < -0.39 is 15.8 Å². The van der Waals surface area contributed by atoms with E-state index in [2.05, 4.69) is 0 Å². The van der Waals surface area contributed by atoms with Gasteiger partial charge in [0.2, 0.25) is 9.84 Å². The number of hydrogen-bond acceptors (Lipinski definition) is 3. The Morgan fingerprint density at radius 1 is 1.15 bits per heavy atom. The quantitative estimate of drug-likeness (QED) is 0.945. The zero-order valence-corrected chi connectivity index (χ0v) is 12.1. The summed E-state index contributed by atoms with van der Waals surface area (Å²) in [6, 6.07) is 10.0. The summed E-state index contributed by atoms with van der Waals surface area (Å²) in [6.45, 7) is 1.55. The predicted octanol–water partition coefficient (Wildman–Crippen LogP) is 3.18. The van der Waals surface area contributed by atoms with Crippen LogP contribution >= 0.6 is 11.6 Å². The number of sulfone groups is 1. The first-order chi connectivity index (χ1) is 9.34. The molecular formula is C14H11ClO4S. The number of halogens is 1. The molecule has 0 heterocycles. The molecule has 0 aliphatic carbocycles. The monoisotopic (exact) mass is 310 g/mol. The van der Waals surface area contributed by atoms with E-state index in [1.807, 2.05) is 0 Å². The van der Waals surface area contributed by atoms with Crippen LogP contribution < -0.4 is 0 Å². The molecule has 104 valence electrons. The normalized spacial score (nSPS) is 11.3. The van der Waals surface area contributed by atoms with Crippen LogP contribution in [-0.2, 0) is 9.84 Å². The third-order valence-corrected chi connectivity index (χ3v) is 5.12. The maximum atomic E-state index is 12.5. The van der Waals surface area contributed by atoms with E-state index in [0.29, 0.717) is 5.56 Å². The molecule has 0 radical (unpaired) electrons. The van der Waals surface area contributed by atoms with Gasteiger partial charge in [-0.25, -0.2) is 13.2 Å². The Kier molecular flexibility index (Phi) is 3.83. The second kappa shape index (κ2) is 5.26. The Morgan fingerprint density at radius 2 is 1.80 bits per heavy atom. The van der Waals surface area contributed by atoms with E-state index in [-0.39, 0.29) is 20.4 Å². The van der Waals surface area contributed by atoms with Crippen molar-refractivity contribution in [3.05, 3.63) is 58.6 Å². The van der Waals surface area contributed by atoms with Crippen LogP contribution in [0.25, 0.3) is 0 Å². The second-order valence-electron chi connectivity index (χ2n) is 4.22. The van der Waals surface area contributed by atoms with Crippen molar-refractivity contribution in [2.45, 2.75) is 16.7 Å². The summed E-state index contributed by atoms with van der Waals surface area (Å²) in [6.07, 6.45) is 0. The van der Waals surface area contributed by atoms with Crippen molar-refractivity contribution < 1.29 is 18.3 Å². The van der Waals surface area contributed by atoms with E-state index in [0.717, 1.165) is 0 Å². The van der Waals surface area contributed by atoms with E-state index in [4.69, 9.17) is 16.7 Å². The van der Waals surface area contributed by atoms with Crippen molar-refractivity contribution >= 4 is 27.4 Å². The predicted molar refractivity (Wildman–Crippen MR) is 75.0 cm³/mol. The summed E-state index contributed by atoms with van der Waals surface area (Å²) in [4.78, 5) is 11.0. The highest BCUT2D eigenvalue weighted by Crippen LogP contribution is 2.28. The molecule has 2 aromatic carbocycles. The molecule has 0 spiro atoms. The fourth-order valence-corrected chi connectivity index (χ4v) is 3.69. The SMILES string of the molecule is Cc1cc(S(=O)(=O)c2ccccc2Cl)ccc1C(=O)O. The standard InChI is InChI=1S/C14H11ClO4S/c1-9-8-10(6-7-11(9)14(16)17)20(18,19)13-5-3-2-4-12(13)15/h2-8H,1H3,(H,16,17). The van der Waals surface area contributed by atoms with E-state index in [1.54, 1.807) is 19.1 Å². The van der Waals surface area contributed by atoms with Crippen LogP contribution in [0.1, 0.15) is 15.9 Å². The lowest BCUT2D eigenvalue weighted by Crippen LogP contribution is -2.06. The van der Waals surface area contributed by atoms with Gasteiger partial charge >= 0.3 is 5.97 Å². The van der Waals surface area contributed by atoms with E-state index in [9.17, 15) is 13.2 Å². The molecule has 2 aromatic rings. The summed E-state index contributed by atoms with van der Waals surface area (Å²) in [5.41, 5.74) is 0.453. The average molecular weight is 311 g/mol. The lowest BCUT2D eigenvalue weighted by molar-refractivity contribution is 0.0696. The molecule has 0 aliphatic rings. The van der Waals surface area contributed by atoms with Gasteiger partial charge in [0.05, 0.1) is 20.4 Å². The average Bonchev–Trinajstić information content (AvgIpc) is 2.38. The van der Waals surface area contributed by atoms with Crippen molar-refractivity contribution in [2.75, 3.05) is 0 Å². The smallest absolute Gasteiger partial charge is 0.335 e. The molecule has 1 N–H and O–H groups in total. The van der Waals surface area contributed by atoms with Gasteiger partial charge in [-0.1, -0.05) is 23.7 Å². The molecule has 2 rings (SSSR count). The van der Waals surface area contributed by atoms with Gasteiger partial charge in [-0.2, -0.15) is 0 Å². The molecule has 0 atom stereocenters. The number of rotatable bonds is 3. The van der Waals surface area contributed by atoms with Gasteiger partial charge in [0.1, 0.15) is 0 Å². The van der Waals surface area contributed by atoms with Gasteiger partial charge < -0.3 is 5.11 Å². The summed E-state index contributed by atoms with van der Waals surface area (Å²) in [5, 5.41) is 9.08. The minimum absolute atomic E-state index is 0.00383. The molecule has 0 fully saturated rings. The van der Waals surface area contributed by atoms with Crippen LogP contribution in [0.2, 0.25) is 5.02 Å². The van der Waals surface area contributed by atoms with Gasteiger partial charge in [0.25, 0.3) is 0 Å². The Balaban J connectivity index is 2.59. The fourth-order valence-electron chi connectivity index (χ4n) is 1.83. The third kappa shape index (κ3) is 2.55. The number of carboxylic acid groups (broad SMARTS) is 1. The van der Waals surface area contributed by atoms with Crippen LogP contribution in [0.15, 0.2) is 52.3 Å². The molecule has 0 unspecified atom stereocenters. The fraction of sp³-hybridized carbons (Fsp3) is 0.0714. The number of carbonyl (C=O) groups is 1. The zero-order chi connectivity index (χ0) is 14.9. The van der Waals surface area contributed by atoms with Crippen LogP contribution in [0.3, 0.4) is 0 Å². The highest BCUT2D eigenvalue weighted by Gasteiger charge is 2.21. The van der Waals surface area contributed by atoms with Crippen molar-refractivity contribution in [1.82, 2.24) is 0 Å². The third-order valence-electron chi connectivity index (χ3n) is 2.86. The largest absolute Gasteiger partial charge is 0.478 e. The molecule has 0 aromatic heterocycles. The first-order valence-corrected chi connectivity index (χ1v) is 7.53. The van der Waals surface area contributed by atoms with Gasteiger partial charge in [-0.3, -0.25) is 0 Å². The second-order valence-corrected chi connectivity index (χ2v) is 6.54. The number of hydrogen-bond donors (Lipinski definition) is 1. The zero-order valence-electron chi connectivity index (χ0n) is 10.5. The topological polar surface area (TPSA) is 71.4 Å². The highest BCUT2D eigenvalue weighted by atomic mass is 35.5. The molecule has 0 saturated carbocycles. The van der Waals surface area contributed by atoms with Crippen molar-refractivity contribution in [3.63, 3.8) is 0 Å². The molecule has 20 heavy (non-hydrogen) atoms. The van der Waals surface area contributed by atoms with Crippen LogP contribution in [0, 0.1) is 6.92 Å². The van der Waals surface area contributed by atoms with Gasteiger partial charge in [-0.15, -0.1) is 0 Å². The van der Waals surface area contributed by atoms with E-state index in [1.165, 1.54) is 30.3 Å². The summed E-state index contributed by atoms with van der Waals surface area (Å²) < 4.78 is 24.9. The van der Waals surface area contributed by atoms with Crippen LogP contribution in [-0.4, -0.2) is 19.5 Å². The van der Waals surface area contributed by atoms with Crippen LogP contribution in [0.5, 0.6) is 0 Å². The summed E-state index contributed by atoms with van der Waals surface area (Å²) in [7, 11) is -3.76. The number of benzene rings is 2. The Hall–Kier alpha value is -1.85. The van der Waals surface area contributed by atoms with Crippen LogP contribution in [0.4, 0.5) is 0 Å². The summed E-state index contributed by atoms with van der Waals surface area (Å²) >= 11 is 5.91. The number of carboxylic acids is 1. The van der Waals surface area contributed by atoms with Crippen molar-refractivity contribution in [3.8, 4) is 0 Å². The lowest BCUT2D eigenvalue weighted by Gasteiger charge is -2.08. The maximum absolute atomic E-state index is 12.5. The highest BCUT2D eigenvalue weighted by molar-refractivity contribution is 7.91. The molecule has 0 saturated heterocycles. The van der Waals surface area contributed by atoms with Gasteiger partial charge in [-0.05, 0) is 42.8 Å². The number of aromatic carboxylic acids is 1. The maximum Gasteiger partial charge on any atom is 0.335 e. The lowest BCUT2D eigenvalue weighted by atomic mass is 10.1. The Bertz CT molecular complexity index is 782. The molecule has 6 heteroatoms. The first-order valence-electron chi connectivity index (χ1n) is 5.67. The number of aryl methyl sites for hydroxylation is 1. The molecule has 0 bridgehead atoms. The van der Waals surface area contributed by atoms with E-state index >= 15 is 0 Å². The molecular weight excluding hydrogens is 300 g/mol. The van der Waals surface area contributed by atoms with Gasteiger partial charge in [0.15, 0.2) is 0 Å². The molecule has 0 amide bonds. The minimum atomic E-state index is -3.76. The minimum Gasteiger partial charge on any atom is -0.478 e. The summed E-state index contributed by atoms with van der Waals surface area (Å²) in [5.74, 6) is -1.09. The molecule has 4 nitrogen and oxygen atoms in total. The Labute approximate surface area is 121 Å².